The number of hydrogen-bond acceptors (Lipinski definition) is 4. The maximum Gasteiger partial charge on any atom is 0.309 e. The van der Waals surface area contributed by atoms with E-state index in [0.717, 1.165) is 6.20 Å². The van der Waals surface area contributed by atoms with Crippen LogP contribution in [-0.4, -0.2) is 27.7 Å². The summed E-state index contributed by atoms with van der Waals surface area (Å²) in [7, 11) is 1.50. The van der Waals surface area contributed by atoms with Crippen molar-refractivity contribution < 1.29 is 9.72 Å². The molecular formula is C7H10N4O3. The van der Waals surface area contributed by atoms with E-state index in [1.165, 1.54) is 11.7 Å². The second-order valence-corrected chi connectivity index (χ2v) is 2.70. The quantitative estimate of drug-likeness (QED) is 0.540. The predicted molar refractivity (Wildman–Crippen MR) is 47.7 cm³/mol. The largest absolute Gasteiger partial charge is 0.358 e. The number of carbonyl (C=O) groups is 1. The van der Waals surface area contributed by atoms with Crippen LogP contribution in [0, 0.1) is 17.0 Å². The summed E-state index contributed by atoms with van der Waals surface area (Å²) in [6.45, 7) is 1.55. The first kappa shape index (κ1) is 10.2. The summed E-state index contributed by atoms with van der Waals surface area (Å²) in [5, 5.41) is 16.6. The van der Waals surface area contributed by atoms with Gasteiger partial charge >= 0.3 is 5.69 Å². The molecule has 0 spiro atoms. The summed E-state index contributed by atoms with van der Waals surface area (Å²) in [6.07, 6.45) is 1.14. The van der Waals surface area contributed by atoms with Gasteiger partial charge in [-0.1, -0.05) is 0 Å². The number of nitro groups is 1. The lowest BCUT2D eigenvalue weighted by Crippen LogP contribution is -2.24. The molecular weight excluding hydrogens is 188 g/mol. The Kier molecular flexibility index (Phi) is 2.80. The van der Waals surface area contributed by atoms with Crippen LogP contribution in [0.5, 0.6) is 0 Å². The second kappa shape index (κ2) is 3.86. The fourth-order valence-corrected chi connectivity index (χ4v) is 0.990. The first-order valence-electron chi connectivity index (χ1n) is 3.93. The lowest BCUT2D eigenvalue weighted by Gasteiger charge is -2.01. The molecule has 1 heterocycles. The fraction of sp³-hybridized carbons (Fsp3) is 0.429. The van der Waals surface area contributed by atoms with Gasteiger partial charge in [-0.15, -0.1) is 0 Å². The van der Waals surface area contributed by atoms with Crippen molar-refractivity contribution >= 4 is 11.6 Å². The van der Waals surface area contributed by atoms with Crippen molar-refractivity contribution in [2.24, 2.45) is 0 Å². The van der Waals surface area contributed by atoms with Gasteiger partial charge in [-0.3, -0.25) is 19.6 Å². The molecule has 0 atom stereocenters. The molecule has 0 aliphatic rings. The van der Waals surface area contributed by atoms with Gasteiger partial charge in [0, 0.05) is 7.05 Å². The summed E-state index contributed by atoms with van der Waals surface area (Å²) in [6, 6.07) is 0. The number of hydrogen-bond donors (Lipinski definition) is 1. The van der Waals surface area contributed by atoms with Gasteiger partial charge in [0.25, 0.3) is 0 Å². The Morgan fingerprint density at radius 2 is 2.43 bits per heavy atom. The van der Waals surface area contributed by atoms with E-state index >= 15 is 0 Å². The number of rotatable bonds is 3. The molecule has 76 valence electrons. The fourth-order valence-electron chi connectivity index (χ4n) is 0.990. The monoisotopic (exact) mass is 198 g/mol. The van der Waals surface area contributed by atoms with Crippen LogP contribution in [0.4, 0.5) is 5.69 Å². The van der Waals surface area contributed by atoms with E-state index < -0.39 is 4.92 Å². The van der Waals surface area contributed by atoms with Crippen molar-refractivity contribution in [1.29, 1.82) is 0 Å². The number of carbonyl (C=O) groups excluding carboxylic acids is 1. The van der Waals surface area contributed by atoms with Crippen molar-refractivity contribution in [2.75, 3.05) is 7.05 Å². The van der Waals surface area contributed by atoms with Gasteiger partial charge in [-0.2, -0.15) is 5.10 Å². The smallest absolute Gasteiger partial charge is 0.309 e. The van der Waals surface area contributed by atoms with Crippen molar-refractivity contribution in [3.8, 4) is 0 Å². The normalized spacial score (nSPS) is 9.86. The molecule has 0 aromatic carbocycles. The molecule has 0 unspecified atom stereocenters. The Balaban J connectivity index is 2.90. The summed E-state index contributed by atoms with van der Waals surface area (Å²) in [5.74, 6) is -0.244. The topological polar surface area (TPSA) is 90.1 Å². The maximum absolute atomic E-state index is 11.0. The van der Waals surface area contributed by atoms with E-state index in [0.29, 0.717) is 5.69 Å². The molecule has 7 nitrogen and oxygen atoms in total. The highest BCUT2D eigenvalue weighted by Gasteiger charge is 2.17. The van der Waals surface area contributed by atoms with Gasteiger partial charge < -0.3 is 5.32 Å². The summed E-state index contributed by atoms with van der Waals surface area (Å²) in [5.41, 5.74) is 0.299. The molecule has 7 heteroatoms. The van der Waals surface area contributed by atoms with Crippen molar-refractivity contribution in [3.63, 3.8) is 0 Å². The van der Waals surface area contributed by atoms with Crippen LogP contribution >= 0.6 is 0 Å². The highest BCUT2D eigenvalue weighted by molar-refractivity contribution is 5.75. The Morgan fingerprint density at radius 3 is 2.86 bits per heavy atom. The highest BCUT2D eigenvalue weighted by atomic mass is 16.6. The first-order chi connectivity index (χ1) is 6.56. The van der Waals surface area contributed by atoms with Gasteiger partial charge in [-0.05, 0) is 6.92 Å². The van der Waals surface area contributed by atoms with E-state index in [1.807, 2.05) is 0 Å². The third-order valence-electron chi connectivity index (χ3n) is 1.85. The molecule has 1 rings (SSSR count). The minimum Gasteiger partial charge on any atom is -0.358 e. The van der Waals surface area contributed by atoms with Gasteiger partial charge in [0.2, 0.25) is 5.91 Å². The molecule has 1 aromatic heterocycles. The minimum atomic E-state index is -0.525. The Hall–Kier alpha value is -1.92. The van der Waals surface area contributed by atoms with Gasteiger partial charge in [0.05, 0.1) is 4.92 Å². The van der Waals surface area contributed by atoms with E-state index in [1.54, 1.807) is 6.92 Å². The molecule has 0 saturated heterocycles. The number of nitrogens with one attached hydrogen (secondary N) is 1. The highest BCUT2D eigenvalue weighted by Crippen LogP contribution is 2.15. The molecule has 0 saturated carbocycles. The molecule has 1 amide bonds. The SMILES string of the molecule is CNC(=O)Cn1ncc([N+](=O)[O-])c1C. The third kappa shape index (κ3) is 1.87. The average molecular weight is 198 g/mol. The van der Waals surface area contributed by atoms with Crippen LogP contribution in [0.2, 0.25) is 0 Å². The predicted octanol–water partition coefficient (Wildman–Crippen LogP) is -0.154. The van der Waals surface area contributed by atoms with Crippen molar-refractivity contribution in [3.05, 3.63) is 22.0 Å². The van der Waals surface area contributed by atoms with Crippen molar-refractivity contribution in [1.82, 2.24) is 15.1 Å². The third-order valence-corrected chi connectivity index (χ3v) is 1.85. The standard InChI is InChI=1S/C7H10N4O3/c1-5-6(11(13)14)3-9-10(5)4-7(12)8-2/h3H,4H2,1-2H3,(H,8,12). The average Bonchev–Trinajstić information content (AvgIpc) is 2.48. The van der Waals surface area contributed by atoms with E-state index in [2.05, 4.69) is 10.4 Å². The minimum absolute atomic E-state index is 0.00380. The Bertz CT molecular complexity index is 371. The molecule has 0 fully saturated rings. The lowest BCUT2D eigenvalue weighted by molar-refractivity contribution is -0.385. The number of nitrogens with zero attached hydrogens (tertiary/aromatic N) is 3. The number of aromatic nitrogens is 2. The molecule has 0 aliphatic carbocycles. The van der Waals surface area contributed by atoms with Crippen LogP contribution < -0.4 is 5.32 Å². The van der Waals surface area contributed by atoms with E-state index in [-0.39, 0.29) is 18.1 Å². The Labute approximate surface area is 79.9 Å². The zero-order valence-corrected chi connectivity index (χ0v) is 7.85. The van der Waals surface area contributed by atoms with Crippen LogP contribution in [0.1, 0.15) is 5.69 Å². The summed E-state index contributed by atoms with van der Waals surface area (Å²) < 4.78 is 1.29. The zero-order chi connectivity index (χ0) is 10.7. The summed E-state index contributed by atoms with van der Waals surface area (Å²) in [4.78, 5) is 20.9. The summed E-state index contributed by atoms with van der Waals surface area (Å²) >= 11 is 0. The number of likely N-dealkylation sites (N-methyl/N-ethyl adjacent to an activating group) is 1. The van der Waals surface area contributed by atoms with Crippen LogP contribution in [0.3, 0.4) is 0 Å². The molecule has 0 aliphatic heterocycles. The van der Waals surface area contributed by atoms with Crippen LogP contribution in [-0.2, 0) is 11.3 Å². The molecule has 0 bridgehead atoms. The van der Waals surface area contributed by atoms with E-state index in [9.17, 15) is 14.9 Å². The number of amides is 1. The van der Waals surface area contributed by atoms with Crippen LogP contribution in [0.25, 0.3) is 0 Å². The molecule has 1 N–H and O–H groups in total. The lowest BCUT2D eigenvalue weighted by atomic mass is 10.4. The zero-order valence-electron chi connectivity index (χ0n) is 7.85. The van der Waals surface area contributed by atoms with E-state index in [4.69, 9.17) is 0 Å². The molecule has 14 heavy (non-hydrogen) atoms. The van der Waals surface area contributed by atoms with Gasteiger partial charge in [0.1, 0.15) is 18.4 Å². The molecule has 0 radical (unpaired) electrons. The second-order valence-electron chi connectivity index (χ2n) is 2.70. The Morgan fingerprint density at radius 1 is 1.79 bits per heavy atom. The maximum atomic E-state index is 11.0. The van der Waals surface area contributed by atoms with Gasteiger partial charge in [-0.25, -0.2) is 0 Å². The first-order valence-corrected chi connectivity index (χ1v) is 3.93. The van der Waals surface area contributed by atoms with Crippen molar-refractivity contribution in [2.45, 2.75) is 13.5 Å². The molecule has 1 aromatic rings. The van der Waals surface area contributed by atoms with Gasteiger partial charge in [0.15, 0.2) is 0 Å². The van der Waals surface area contributed by atoms with Crippen LogP contribution in [0.15, 0.2) is 6.20 Å².